The van der Waals surface area contributed by atoms with Crippen LogP contribution in [0.15, 0.2) is 50.7 Å². The van der Waals surface area contributed by atoms with Crippen LogP contribution >= 0.6 is 11.3 Å². The fourth-order valence-corrected chi connectivity index (χ4v) is 6.03. The zero-order chi connectivity index (χ0) is 24.7. The van der Waals surface area contributed by atoms with Gasteiger partial charge in [0.25, 0.3) is 5.56 Å². The summed E-state index contributed by atoms with van der Waals surface area (Å²) in [6, 6.07) is 6.82. The van der Waals surface area contributed by atoms with E-state index >= 15 is 0 Å². The number of oxazole rings is 1. The molecule has 1 atom stereocenters. The summed E-state index contributed by atoms with van der Waals surface area (Å²) >= 11 is 1.31. The second-order valence-electron chi connectivity index (χ2n) is 8.66. The lowest BCUT2D eigenvalue weighted by Crippen LogP contribution is -2.49. The Hall–Kier alpha value is -3.66. The Morgan fingerprint density at radius 2 is 2.03 bits per heavy atom. The number of methoxy groups -OCH3 is 1. The summed E-state index contributed by atoms with van der Waals surface area (Å²) in [7, 11) is 3.31. The van der Waals surface area contributed by atoms with Gasteiger partial charge in [0.15, 0.2) is 0 Å². The molecule has 10 heteroatoms. The molecule has 1 aliphatic rings. The molecule has 0 aliphatic carbocycles. The molecule has 4 heterocycles. The molecular weight excluding hydrogens is 468 g/mol. The summed E-state index contributed by atoms with van der Waals surface area (Å²) in [6.45, 7) is 2.76. The topological polar surface area (TPSA) is 99.6 Å². The van der Waals surface area contributed by atoms with Crippen LogP contribution in [0.25, 0.3) is 21.0 Å². The third-order valence-electron chi connectivity index (χ3n) is 6.61. The van der Waals surface area contributed by atoms with E-state index in [0.717, 1.165) is 22.3 Å². The molecule has 0 saturated carbocycles. The highest BCUT2D eigenvalue weighted by molar-refractivity contribution is 7.22. The van der Waals surface area contributed by atoms with Gasteiger partial charge in [0, 0.05) is 20.1 Å². The molecule has 1 aromatic carbocycles. The zero-order valence-corrected chi connectivity index (χ0v) is 20.6. The van der Waals surface area contributed by atoms with E-state index in [2.05, 4.69) is 4.98 Å². The quantitative estimate of drug-likeness (QED) is 0.408. The Labute approximate surface area is 205 Å². The number of likely N-dealkylation sites (tertiary alicyclic amines) is 1. The summed E-state index contributed by atoms with van der Waals surface area (Å²) in [5.74, 6) is 0.913. The molecule has 0 spiro atoms. The minimum Gasteiger partial charge on any atom is -0.496 e. The van der Waals surface area contributed by atoms with Crippen molar-refractivity contribution in [3.8, 4) is 16.5 Å². The molecule has 182 valence electrons. The summed E-state index contributed by atoms with van der Waals surface area (Å²) < 4.78 is 13.7. The van der Waals surface area contributed by atoms with Gasteiger partial charge in [-0.05, 0) is 43.4 Å². The Balaban J connectivity index is 1.72. The summed E-state index contributed by atoms with van der Waals surface area (Å²) in [5, 5.41) is 0.420. The lowest BCUT2D eigenvalue weighted by atomic mass is 10.0. The minimum absolute atomic E-state index is 0.216. The first-order valence-electron chi connectivity index (χ1n) is 11.5. The molecule has 1 fully saturated rings. The van der Waals surface area contributed by atoms with Crippen molar-refractivity contribution in [3.63, 3.8) is 0 Å². The molecule has 3 aromatic heterocycles. The van der Waals surface area contributed by atoms with E-state index in [0.29, 0.717) is 52.5 Å². The number of thiophene rings is 1. The second kappa shape index (κ2) is 9.18. The van der Waals surface area contributed by atoms with Crippen LogP contribution in [-0.4, -0.2) is 45.6 Å². The van der Waals surface area contributed by atoms with Crippen LogP contribution < -0.4 is 16.0 Å². The maximum absolute atomic E-state index is 13.8. The second-order valence-corrected chi connectivity index (χ2v) is 9.66. The third kappa shape index (κ3) is 3.87. The van der Waals surface area contributed by atoms with E-state index in [1.165, 1.54) is 17.6 Å². The number of nitrogens with zero attached hydrogens (tertiary/aromatic N) is 4. The van der Waals surface area contributed by atoms with Gasteiger partial charge in [-0.25, -0.2) is 14.3 Å². The molecular formula is C25H26N4O5S. The number of fused-ring (bicyclic) bond motifs is 1. The van der Waals surface area contributed by atoms with Crippen LogP contribution in [0.2, 0.25) is 0 Å². The minimum atomic E-state index is -0.819. The first-order valence-corrected chi connectivity index (χ1v) is 12.3. The maximum Gasteiger partial charge on any atom is 0.332 e. The molecule has 0 bridgehead atoms. The van der Waals surface area contributed by atoms with Gasteiger partial charge < -0.3 is 14.1 Å². The number of rotatable bonds is 6. The Morgan fingerprint density at radius 3 is 2.77 bits per heavy atom. The smallest absolute Gasteiger partial charge is 0.332 e. The number of aromatic nitrogens is 3. The van der Waals surface area contributed by atoms with Crippen molar-refractivity contribution in [1.82, 2.24) is 19.0 Å². The number of hydrogen-bond acceptors (Lipinski definition) is 7. The van der Waals surface area contributed by atoms with Gasteiger partial charge in [-0.1, -0.05) is 18.2 Å². The Morgan fingerprint density at radius 1 is 1.23 bits per heavy atom. The lowest BCUT2D eigenvalue weighted by molar-refractivity contribution is -0.136. The van der Waals surface area contributed by atoms with Crippen LogP contribution in [0, 0.1) is 6.92 Å². The molecule has 1 unspecified atom stereocenters. The van der Waals surface area contributed by atoms with Crippen molar-refractivity contribution >= 4 is 27.5 Å². The van der Waals surface area contributed by atoms with E-state index in [-0.39, 0.29) is 5.91 Å². The van der Waals surface area contributed by atoms with E-state index in [1.807, 2.05) is 31.2 Å². The van der Waals surface area contributed by atoms with Crippen molar-refractivity contribution in [2.75, 3.05) is 20.7 Å². The molecule has 1 amide bonds. The highest BCUT2D eigenvalue weighted by Gasteiger charge is 2.33. The predicted molar refractivity (Wildman–Crippen MR) is 133 cm³/mol. The first-order chi connectivity index (χ1) is 16.9. The maximum atomic E-state index is 13.8. The molecule has 0 N–H and O–H groups in total. The number of para-hydroxylation sites is 1. The van der Waals surface area contributed by atoms with Gasteiger partial charge in [-0.3, -0.25) is 14.2 Å². The Bertz CT molecular complexity index is 1520. The highest BCUT2D eigenvalue weighted by atomic mass is 32.1. The summed E-state index contributed by atoms with van der Waals surface area (Å²) in [5.41, 5.74) is 0.710. The van der Waals surface area contributed by atoms with Crippen molar-refractivity contribution in [1.29, 1.82) is 0 Å². The van der Waals surface area contributed by atoms with Crippen LogP contribution in [0.4, 0.5) is 0 Å². The molecule has 35 heavy (non-hydrogen) atoms. The molecule has 9 nitrogen and oxygen atoms in total. The number of carbonyl (C=O) groups excluding carboxylic acids is 1. The zero-order valence-electron chi connectivity index (χ0n) is 19.8. The number of hydrogen-bond donors (Lipinski definition) is 0. The van der Waals surface area contributed by atoms with Gasteiger partial charge in [0.2, 0.25) is 11.8 Å². The average molecular weight is 495 g/mol. The number of piperidine rings is 1. The van der Waals surface area contributed by atoms with Crippen molar-refractivity contribution < 1.29 is 13.9 Å². The lowest BCUT2D eigenvalue weighted by Gasteiger charge is -2.30. The molecule has 1 aliphatic heterocycles. The SMILES string of the molecule is COc1ccccc1CCn1c(=O)n(C2CCCN(C)C2=O)c(=O)c2c(C)c(-c3ncco3)sc21. The summed E-state index contributed by atoms with van der Waals surface area (Å²) in [6.07, 6.45) is 4.71. The number of amides is 1. The fourth-order valence-electron chi connectivity index (χ4n) is 4.77. The van der Waals surface area contributed by atoms with Gasteiger partial charge in [0.05, 0.1) is 23.6 Å². The number of carbonyl (C=O) groups is 1. The van der Waals surface area contributed by atoms with Crippen LogP contribution in [0.5, 0.6) is 5.75 Å². The van der Waals surface area contributed by atoms with Crippen LogP contribution in [0.1, 0.15) is 30.0 Å². The Kier molecular flexibility index (Phi) is 6.06. The van der Waals surface area contributed by atoms with Crippen molar-refractivity contribution in [3.05, 3.63) is 68.7 Å². The van der Waals surface area contributed by atoms with E-state index in [4.69, 9.17) is 9.15 Å². The molecule has 0 radical (unpaired) electrons. The summed E-state index contributed by atoms with van der Waals surface area (Å²) in [4.78, 5) is 47.6. The van der Waals surface area contributed by atoms with Gasteiger partial charge in [0.1, 0.15) is 22.9 Å². The van der Waals surface area contributed by atoms with Gasteiger partial charge in [-0.2, -0.15) is 0 Å². The van der Waals surface area contributed by atoms with Crippen LogP contribution in [-0.2, 0) is 17.8 Å². The van der Waals surface area contributed by atoms with E-state index in [9.17, 15) is 14.4 Å². The number of likely N-dealkylation sites (N-methyl/N-ethyl adjacent to an activating group) is 1. The van der Waals surface area contributed by atoms with Gasteiger partial charge in [-0.15, -0.1) is 11.3 Å². The predicted octanol–water partition coefficient (Wildman–Crippen LogP) is 3.23. The number of aryl methyl sites for hydroxylation is 3. The average Bonchev–Trinajstić information content (AvgIpc) is 3.50. The van der Waals surface area contributed by atoms with Crippen molar-refractivity contribution in [2.45, 2.75) is 38.8 Å². The molecule has 5 rings (SSSR count). The molecule has 4 aromatic rings. The normalized spacial score (nSPS) is 16.3. The largest absolute Gasteiger partial charge is 0.496 e. The van der Waals surface area contributed by atoms with Gasteiger partial charge >= 0.3 is 5.69 Å². The number of ether oxygens (including phenoxy) is 1. The molecule has 1 saturated heterocycles. The standard InChI is InChI=1S/C25H26N4O5S/c1-15-19-23(31)29(17-8-6-12-27(2)22(17)30)25(32)28(13-10-16-7-4-5-9-18(16)33-3)24(19)35-20(15)21-26-11-14-34-21/h4-5,7,9,11,14,17H,6,8,10,12-13H2,1-3H3. The number of benzene rings is 1. The first kappa shape index (κ1) is 23.1. The monoisotopic (exact) mass is 494 g/mol. The fraction of sp³-hybridized carbons (Fsp3) is 0.360. The van der Waals surface area contributed by atoms with Crippen LogP contribution in [0.3, 0.4) is 0 Å². The highest BCUT2D eigenvalue weighted by Crippen LogP contribution is 2.36. The third-order valence-corrected chi connectivity index (χ3v) is 7.91. The van der Waals surface area contributed by atoms with Crippen molar-refractivity contribution in [2.24, 2.45) is 0 Å². The van der Waals surface area contributed by atoms with E-state index < -0.39 is 17.3 Å². The van der Waals surface area contributed by atoms with E-state index in [1.54, 1.807) is 29.8 Å².